The van der Waals surface area contributed by atoms with E-state index in [-0.39, 0.29) is 0 Å². The summed E-state index contributed by atoms with van der Waals surface area (Å²) in [5.74, 6) is -0.881. The number of rotatable bonds is 4. The van der Waals surface area contributed by atoms with Gasteiger partial charge in [-0.25, -0.2) is 4.79 Å². The summed E-state index contributed by atoms with van der Waals surface area (Å²) in [4.78, 5) is 11.6. The third-order valence-corrected chi connectivity index (χ3v) is 4.85. The molecule has 100 valence electrons. The number of carboxylic acid groups (broad SMARTS) is 1. The van der Waals surface area contributed by atoms with Crippen molar-refractivity contribution in [3.8, 4) is 0 Å². The minimum atomic E-state index is -0.881. The number of halogens is 3. The monoisotopic (exact) mass is 448 g/mol. The van der Waals surface area contributed by atoms with Gasteiger partial charge in [0, 0.05) is 16.0 Å². The molecule has 0 unspecified atom stereocenters. The van der Waals surface area contributed by atoms with Crippen molar-refractivity contribution in [3.05, 3.63) is 46.5 Å². The summed E-state index contributed by atoms with van der Waals surface area (Å²) in [6, 6.07) is 7.65. The maximum absolute atomic E-state index is 11.6. The fraction of sp³-hybridized carbons (Fsp3) is 0.214. The number of fused-ring (bicyclic) bond motifs is 1. The first-order valence-electron chi connectivity index (χ1n) is 5.62. The second kappa shape index (κ2) is 6.37. The van der Waals surface area contributed by atoms with E-state index in [4.69, 9.17) is 0 Å². The molecule has 0 heterocycles. The van der Waals surface area contributed by atoms with Gasteiger partial charge in [-0.15, -0.1) is 0 Å². The lowest BCUT2D eigenvalue weighted by atomic mass is 9.91. The van der Waals surface area contributed by atoms with Gasteiger partial charge >= 0.3 is 5.97 Å². The van der Waals surface area contributed by atoms with Crippen molar-refractivity contribution in [3.63, 3.8) is 0 Å². The molecular weight excluding hydrogens is 440 g/mol. The van der Waals surface area contributed by atoms with Crippen molar-refractivity contribution in [1.82, 2.24) is 0 Å². The Morgan fingerprint density at radius 3 is 1.89 bits per heavy atom. The molecule has 2 aromatic rings. The molecule has 19 heavy (non-hydrogen) atoms. The Labute approximate surface area is 136 Å². The molecule has 0 amide bonds. The Hall–Kier alpha value is -0.390. The maximum Gasteiger partial charge on any atom is 0.336 e. The molecule has 2 rings (SSSR count). The molecule has 0 aliphatic rings. The molecular formula is C14H11Br3O2. The summed E-state index contributed by atoms with van der Waals surface area (Å²) in [5, 5.41) is 13.2. The van der Waals surface area contributed by atoms with Crippen LogP contribution in [0.25, 0.3) is 10.8 Å². The molecule has 0 atom stereocenters. The van der Waals surface area contributed by atoms with Crippen molar-refractivity contribution in [2.45, 2.75) is 16.0 Å². The Morgan fingerprint density at radius 2 is 1.42 bits per heavy atom. The number of alkyl halides is 3. The predicted octanol–water partition coefficient (Wildman–Crippen LogP) is 5.22. The minimum absolute atomic E-state index is 0.395. The summed E-state index contributed by atoms with van der Waals surface area (Å²) in [7, 11) is 0. The zero-order valence-corrected chi connectivity index (χ0v) is 14.7. The van der Waals surface area contributed by atoms with E-state index in [1.54, 1.807) is 0 Å². The zero-order chi connectivity index (χ0) is 14.0. The van der Waals surface area contributed by atoms with Crippen LogP contribution in [0.15, 0.2) is 24.3 Å². The molecule has 0 aromatic heterocycles. The van der Waals surface area contributed by atoms with Gasteiger partial charge in [0.15, 0.2) is 0 Å². The molecule has 2 aromatic carbocycles. The van der Waals surface area contributed by atoms with Crippen LogP contribution in [0.2, 0.25) is 0 Å². The predicted molar refractivity (Wildman–Crippen MR) is 88.8 cm³/mol. The van der Waals surface area contributed by atoms with E-state index in [1.165, 1.54) is 0 Å². The van der Waals surface area contributed by atoms with Crippen molar-refractivity contribution in [2.24, 2.45) is 0 Å². The van der Waals surface area contributed by atoms with Gasteiger partial charge in [0.1, 0.15) is 0 Å². The number of carboxylic acids is 1. The Morgan fingerprint density at radius 1 is 0.895 bits per heavy atom. The van der Waals surface area contributed by atoms with E-state index < -0.39 is 5.97 Å². The smallest absolute Gasteiger partial charge is 0.336 e. The number of hydrogen-bond donors (Lipinski definition) is 1. The zero-order valence-electron chi connectivity index (χ0n) is 9.92. The van der Waals surface area contributed by atoms with Crippen molar-refractivity contribution < 1.29 is 9.90 Å². The minimum Gasteiger partial charge on any atom is -0.478 e. The molecule has 0 spiro atoms. The molecule has 0 bridgehead atoms. The summed E-state index contributed by atoms with van der Waals surface area (Å²) in [6.45, 7) is 0. The second-order valence-corrected chi connectivity index (χ2v) is 5.74. The van der Waals surface area contributed by atoms with E-state index in [0.717, 1.165) is 27.5 Å². The largest absolute Gasteiger partial charge is 0.478 e. The molecule has 0 saturated heterocycles. The third kappa shape index (κ3) is 2.60. The quantitative estimate of drug-likeness (QED) is 0.648. The average Bonchev–Trinajstić information content (AvgIpc) is 2.43. The van der Waals surface area contributed by atoms with Crippen LogP contribution in [0.3, 0.4) is 0 Å². The van der Waals surface area contributed by atoms with Gasteiger partial charge < -0.3 is 5.11 Å². The number of hydrogen-bond acceptors (Lipinski definition) is 1. The molecule has 0 fully saturated rings. The molecule has 0 aliphatic heterocycles. The van der Waals surface area contributed by atoms with Crippen LogP contribution in [-0.2, 0) is 16.0 Å². The molecule has 5 heteroatoms. The highest BCUT2D eigenvalue weighted by atomic mass is 79.9. The van der Waals surface area contributed by atoms with Gasteiger partial charge in [0.25, 0.3) is 0 Å². The van der Waals surface area contributed by atoms with Crippen molar-refractivity contribution >= 4 is 64.5 Å². The highest BCUT2D eigenvalue weighted by Crippen LogP contribution is 2.34. The van der Waals surface area contributed by atoms with E-state index >= 15 is 0 Å². The number of carbonyl (C=O) groups is 1. The standard InChI is InChI=1S/C14H11Br3O2/c15-5-10-8-3-1-2-4-9(8)13(14(18)19)12(7-17)11(10)6-16/h1-4H,5-7H2,(H,18,19). The fourth-order valence-electron chi connectivity index (χ4n) is 2.33. The van der Waals surface area contributed by atoms with E-state index in [9.17, 15) is 9.90 Å². The van der Waals surface area contributed by atoms with Crippen molar-refractivity contribution in [1.29, 1.82) is 0 Å². The van der Waals surface area contributed by atoms with Gasteiger partial charge in [-0.3, -0.25) is 0 Å². The molecule has 0 saturated carbocycles. The second-order valence-electron chi connectivity index (χ2n) is 4.06. The van der Waals surface area contributed by atoms with Crippen LogP contribution >= 0.6 is 47.8 Å². The van der Waals surface area contributed by atoms with Gasteiger partial charge in [-0.1, -0.05) is 72.1 Å². The highest BCUT2D eigenvalue weighted by molar-refractivity contribution is 9.09. The number of aromatic carboxylic acids is 1. The molecule has 2 nitrogen and oxygen atoms in total. The van der Waals surface area contributed by atoms with Gasteiger partial charge in [0.2, 0.25) is 0 Å². The first-order valence-corrected chi connectivity index (χ1v) is 8.98. The van der Waals surface area contributed by atoms with Crippen LogP contribution < -0.4 is 0 Å². The van der Waals surface area contributed by atoms with Crippen LogP contribution in [0.4, 0.5) is 0 Å². The molecule has 0 aliphatic carbocycles. The first kappa shape index (κ1) is 15.0. The Bertz CT molecular complexity index is 638. The van der Waals surface area contributed by atoms with E-state index in [1.807, 2.05) is 24.3 Å². The lowest BCUT2D eigenvalue weighted by Gasteiger charge is -2.17. The summed E-state index contributed by atoms with van der Waals surface area (Å²) in [6.07, 6.45) is 0. The van der Waals surface area contributed by atoms with Crippen molar-refractivity contribution in [2.75, 3.05) is 0 Å². The third-order valence-electron chi connectivity index (χ3n) is 3.17. The fourth-order valence-corrected chi connectivity index (χ4v) is 4.26. The topological polar surface area (TPSA) is 37.3 Å². The average molecular weight is 451 g/mol. The number of benzene rings is 2. The van der Waals surface area contributed by atoms with Crippen LogP contribution in [0, 0.1) is 0 Å². The summed E-state index contributed by atoms with van der Waals surface area (Å²) >= 11 is 10.4. The van der Waals surface area contributed by atoms with E-state index in [0.29, 0.717) is 21.6 Å². The van der Waals surface area contributed by atoms with Gasteiger partial charge in [0.05, 0.1) is 5.56 Å². The Kier molecular flexibility index (Phi) is 5.03. The maximum atomic E-state index is 11.6. The Balaban J connectivity index is 3.02. The lowest BCUT2D eigenvalue weighted by Crippen LogP contribution is -2.08. The molecule has 1 N–H and O–H groups in total. The molecule has 0 radical (unpaired) electrons. The van der Waals surface area contributed by atoms with Crippen LogP contribution in [0.1, 0.15) is 27.0 Å². The summed E-state index contributed by atoms with van der Waals surface area (Å²) < 4.78 is 0. The SMILES string of the molecule is O=C(O)c1c(CBr)c(CBr)c(CBr)c2ccccc12. The summed E-state index contributed by atoms with van der Waals surface area (Å²) in [5.41, 5.74) is 3.43. The van der Waals surface area contributed by atoms with Gasteiger partial charge in [-0.2, -0.15) is 0 Å². The van der Waals surface area contributed by atoms with E-state index in [2.05, 4.69) is 47.8 Å². The van der Waals surface area contributed by atoms with Gasteiger partial charge in [-0.05, 0) is 27.5 Å². The first-order chi connectivity index (χ1) is 9.15. The van der Waals surface area contributed by atoms with Crippen LogP contribution in [-0.4, -0.2) is 11.1 Å². The highest BCUT2D eigenvalue weighted by Gasteiger charge is 2.21. The van der Waals surface area contributed by atoms with Crippen LogP contribution in [0.5, 0.6) is 0 Å². The normalized spacial score (nSPS) is 10.9. The lowest BCUT2D eigenvalue weighted by molar-refractivity contribution is 0.0698.